The van der Waals surface area contributed by atoms with Crippen molar-refractivity contribution in [2.75, 3.05) is 20.6 Å². The number of nitrogens with one attached hydrogen (secondary N) is 1. The van der Waals surface area contributed by atoms with Gasteiger partial charge in [-0.05, 0) is 23.6 Å². The molecule has 0 aliphatic carbocycles. The second kappa shape index (κ2) is 6.57. The first-order valence-corrected chi connectivity index (χ1v) is 7.11. The second-order valence-electron chi connectivity index (χ2n) is 5.18. The molecule has 20 heavy (non-hydrogen) atoms. The molecular weight excluding hydrogens is 250 g/mol. The zero-order chi connectivity index (χ0) is 14.5. The molecule has 2 rings (SSSR count). The lowest BCUT2D eigenvalue weighted by atomic mass is 10.1. The number of aromatic nitrogens is 1. The fourth-order valence-corrected chi connectivity index (χ4v) is 2.37. The van der Waals surface area contributed by atoms with Gasteiger partial charge in [0.15, 0.2) is 0 Å². The van der Waals surface area contributed by atoms with E-state index in [2.05, 4.69) is 47.3 Å². The molecule has 4 heteroatoms. The van der Waals surface area contributed by atoms with Crippen LogP contribution in [0.3, 0.4) is 0 Å². The van der Waals surface area contributed by atoms with Gasteiger partial charge in [0.05, 0.1) is 5.52 Å². The van der Waals surface area contributed by atoms with E-state index in [0.29, 0.717) is 6.42 Å². The highest BCUT2D eigenvalue weighted by Gasteiger charge is 2.09. The molecule has 0 bridgehead atoms. The summed E-state index contributed by atoms with van der Waals surface area (Å²) in [7, 11) is 3.60. The van der Waals surface area contributed by atoms with E-state index in [4.69, 9.17) is 0 Å². The van der Waals surface area contributed by atoms with Crippen LogP contribution >= 0.6 is 0 Å². The predicted octanol–water partition coefficient (Wildman–Crippen LogP) is 2.23. The Kier molecular flexibility index (Phi) is 4.79. The SMILES string of the molecule is CCNCc1cccc2ccn(CCC(=O)N(C)C)c12. The van der Waals surface area contributed by atoms with Crippen LogP contribution in [0.2, 0.25) is 0 Å². The molecule has 0 atom stereocenters. The highest BCUT2D eigenvalue weighted by atomic mass is 16.2. The highest BCUT2D eigenvalue weighted by molar-refractivity contribution is 5.83. The van der Waals surface area contributed by atoms with Crippen molar-refractivity contribution in [2.24, 2.45) is 0 Å². The van der Waals surface area contributed by atoms with E-state index in [9.17, 15) is 4.79 Å². The van der Waals surface area contributed by atoms with E-state index in [1.54, 1.807) is 19.0 Å². The Bertz CT molecular complexity index is 586. The number of fused-ring (bicyclic) bond motifs is 1. The summed E-state index contributed by atoms with van der Waals surface area (Å²) in [5.74, 6) is 0.163. The average Bonchev–Trinajstić information content (AvgIpc) is 2.86. The molecule has 1 amide bonds. The van der Waals surface area contributed by atoms with E-state index in [0.717, 1.165) is 19.6 Å². The van der Waals surface area contributed by atoms with Crippen molar-refractivity contribution in [1.82, 2.24) is 14.8 Å². The molecular formula is C16H23N3O. The molecule has 2 aromatic rings. The fourth-order valence-electron chi connectivity index (χ4n) is 2.37. The van der Waals surface area contributed by atoms with E-state index in [-0.39, 0.29) is 5.91 Å². The summed E-state index contributed by atoms with van der Waals surface area (Å²) in [6.07, 6.45) is 2.61. The monoisotopic (exact) mass is 273 g/mol. The Morgan fingerprint density at radius 3 is 2.80 bits per heavy atom. The lowest BCUT2D eigenvalue weighted by molar-refractivity contribution is -0.128. The van der Waals surface area contributed by atoms with Gasteiger partial charge in [-0.3, -0.25) is 4.79 Å². The summed E-state index contributed by atoms with van der Waals surface area (Å²) >= 11 is 0. The molecule has 0 spiro atoms. The Morgan fingerprint density at radius 1 is 1.30 bits per heavy atom. The van der Waals surface area contributed by atoms with Crippen molar-refractivity contribution < 1.29 is 4.79 Å². The van der Waals surface area contributed by atoms with Crippen LogP contribution in [-0.4, -0.2) is 36.0 Å². The van der Waals surface area contributed by atoms with Crippen molar-refractivity contribution in [1.29, 1.82) is 0 Å². The van der Waals surface area contributed by atoms with Gasteiger partial charge < -0.3 is 14.8 Å². The van der Waals surface area contributed by atoms with Crippen molar-refractivity contribution >= 4 is 16.8 Å². The third-order valence-corrected chi connectivity index (χ3v) is 3.50. The average molecular weight is 273 g/mol. The van der Waals surface area contributed by atoms with Crippen molar-refractivity contribution in [2.45, 2.75) is 26.4 Å². The largest absolute Gasteiger partial charge is 0.349 e. The Balaban J connectivity index is 2.22. The molecule has 0 saturated carbocycles. The number of carbonyl (C=O) groups is 1. The van der Waals surface area contributed by atoms with Crippen molar-refractivity contribution in [3.8, 4) is 0 Å². The van der Waals surface area contributed by atoms with Crippen LogP contribution in [0.15, 0.2) is 30.5 Å². The number of nitrogens with zero attached hydrogens (tertiary/aromatic N) is 2. The summed E-state index contributed by atoms with van der Waals surface area (Å²) in [4.78, 5) is 13.4. The Labute approximate surface area is 120 Å². The second-order valence-corrected chi connectivity index (χ2v) is 5.18. The molecule has 1 aromatic carbocycles. The highest BCUT2D eigenvalue weighted by Crippen LogP contribution is 2.20. The van der Waals surface area contributed by atoms with Crippen LogP contribution in [0.1, 0.15) is 18.9 Å². The minimum atomic E-state index is 0.163. The topological polar surface area (TPSA) is 37.3 Å². The standard InChI is InChI=1S/C16H23N3O/c1-4-17-12-14-7-5-6-13-8-10-19(16(13)14)11-9-15(20)18(2)3/h5-8,10,17H,4,9,11-12H2,1-3H3. The molecule has 1 aromatic heterocycles. The fraction of sp³-hybridized carbons (Fsp3) is 0.438. The summed E-state index contributed by atoms with van der Waals surface area (Å²) < 4.78 is 2.18. The van der Waals surface area contributed by atoms with Crippen LogP contribution in [0.4, 0.5) is 0 Å². The molecule has 0 aliphatic heterocycles. The quantitative estimate of drug-likeness (QED) is 0.876. The van der Waals surface area contributed by atoms with Crippen molar-refractivity contribution in [3.05, 3.63) is 36.0 Å². The molecule has 4 nitrogen and oxygen atoms in total. The van der Waals surface area contributed by atoms with Gasteiger partial charge in [0, 0.05) is 39.8 Å². The van der Waals surface area contributed by atoms with Crippen LogP contribution in [-0.2, 0) is 17.9 Å². The predicted molar refractivity (Wildman–Crippen MR) is 82.6 cm³/mol. The zero-order valence-electron chi connectivity index (χ0n) is 12.5. The summed E-state index contributed by atoms with van der Waals surface area (Å²) in [6.45, 7) is 4.65. The summed E-state index contributed by atoms with van der Waals surface area (Å²) in [5, 5.41) is 4.60. The van der Waals surface area contributed by atoms with Crippen LogP contribution in [0, 0.1) is 0 Å². The first kappa shape index (κ1) is 14.6. The van der Waals surface area contributed by atoms with Crippen LogP contribution < -0.4 is 5.32 Å². The maximum atomic E-state index is 11.7. The zero-order valence-corrected chi connectivity index (χ0v) is 12.5. The smallest absolute Gasteiger partial charge is 0.223 e. The number of carbonyl (C=O) groups excluding carboxylic acids is 1. The van der Waals surface area contributed by atoms with Crippen LogP contribution in [0.5, 0.6) is 0 Å². The maximum absolute atomic E-state index is 11.7. The number of hydrogen-bond donors (Lipinski definition) is 1. The van der Waals surface area contributed by atoms with Gasteiger partial charge in [0.25, 0.3) is 0 Å². The van der Waals surface area contributed by atoms with Crippen LogP contribution in [0.25, 0.3) is 10.9 Å². The van der Waals surface area contributed by atoms with Crippen molar-refractivity contribution in [3.63, 3.8) is 0 Å². The molecule has 0 saturated heterocycles. The Morgan fingerprint density at radius 2 is 2.10 bits per heavy atom. The van der Waals surface area contributed by atoms with E-state index < -0.39 is 0 Å². The number of rotatable bonds is 6. The normalized spacial score (nSPS) is 10.9. The van der Waals surface area contributed by atoms with E-state index in [1.807, 2.05) is 0 Å². The van der Waals surface area contributed by atoms with Gasteiger partial charge in [-0.1, -0.05) is 25.1 Å². The Hall–Kier alpha value is -1.81. The maximum Gasteiger partial charge on any atom is 0.223 e. The van der Waals surface area contributed by atoms with E-state index in [1.165, 1.54) is 16.5 Å². The lowest BCUT2D eigenvalue weighted by Gasteiger charge is -2.13. The summed E-state index contributed by atoms with van der Waals surface area (Å²) in [6, 6.07) is 8.47. The number of amides is 1. The summed E-state index contributed by atoms with van der Waals surface area (Å²) in [5.41, 5.74) is 2.52. The van der Waals surface area contributed by atoms with Gasteiger partial charge in [0.1, 0.15) is 0 Å². The first-order valence-electron chi connectivity index (χ1n) is 7.11. The third kappa shape index (κ3) is 3.20. The van der Waals surface area contributed by atoms with Gasteiger partial charge >= 0.3 is 0 Å². The lowest BCUT2D eigenvalue weighted by Crippen LogP contribution is -2.22. The molecule has 0 fully saturated rings. The minimum Gasteiger partial charge on any atom is -0.349 e. The first-order chi connectivity index (χ1) is 9.63. The molecule has 0 aliphatic rings. The van der Waals surface area contributed by atoms with Gasteiger partial charge in [0.2, 0.25) is 5.91 Å². The number of aryl methyl sites for hydroxylation is 1. The molecule has 0 radical (unpaired) electrons. The molecule has 1 N–H and O–H groups in total. The van der Waals surface area contributed by atoms with Gasteiger partial charge in [-0.2, -0.15) is 0 Å². The molecule has 108 valence electrons. The number of benzene rings is 1. The third-order valence-electron chi connectivity index (χ3n) is 3.50. The number of para-hydroxylation sites is 1. The minimum absolute atomic E-state index is 0.163. The van der Waals surface area contributed by atoms with Gasteiger partial charge in [-0.25, -0.2) is 0 Å². The number of hydrogen-bond acceptors (Lipinski definition) is 2. The van der Waals surface area contributed by atoms with Gasteiger partial charge in [-0.15, -0.1) is 0 Å². The molecule has 1 heterocycles. The van der Waals surface area contributed by atoms with E-state index >= 15 is 0 Å². The molecule has 0 unspecified atom stereocenters.